The molecule has 1 fully saturated rings. The molecule has 0 spiro atoms. The summed E-state index contributed by atoms with van der Waals surface area (Å²) in [5.74, 6) is 0.477. The second kappa shape index (κ2) is 4.82. The maximum Gasteiger partial charge on any atom is 0.335 e. The molecule has 1 saturated carbocycles. The van der Waals surface area contributed by atoms with Crippen LogP contribution in [-0.4, -0.2) is 15.0 Å². The smallest absolute Gasteiger partial charge is 0.335 e. The van der Waals surface area contributed by atoms with E-state index in [2.05, 4.69) is 0 Å². The minimum absolute atomic E-state index is 0.0313. The molecule has 6 heteroatoms. The molecule has 0 aromatic heterocycles. The van der Waals surface area contributed by atoms with Crippen molar-refractivity contribution in [2.45, 2.75) is 24.2 Å². The molecular weight excluding hydrogens is 267 g/mol. The Labute approximate surface area is 105 Å². The van der Waals surface area contributed by atoms with Crippen molar-refractivity contribution in [1.29, 1.82) is 0 Å². The van der Waals surface area contributed by atoms with Crippen LogP contribution in [-0.2, 0) is 10.2 Å². The summed E-state index contributed by atoms with van der Waals surface area (Å²) in [5.41, 5.74) is 0. The fraction of sp³-hybridized carbons (Fsp3) is 0.455. The Balaban J connectivity index is 2.19. The first-order chi connectivity index (χ1) is 7.97. The van der Waals surface area contributed by atoms with Gasteiger partial charge in [-0.3, -0.25) is 0 Å². The molecule has 1 aromatic carbocycles. The summed E-state index contributed by atoms with van der Waals surface area (Å²) < 4.78 is 40.2. The van der Waals surface area contributed by atoms with Crippen LogP contribution in [0.15, 0.2) is 23.1 Å². The van der Waals surface area contributed by atoms with E-state index in [9.17, 15) is 12.3 Å². The lowest BCUT2D eigenvalue weighted by molar-refractivity contribution is 0.177. The second-order valence-corrected chi connectivity index (χ2v) is 5.89. The summed E-state index contributed by atoms with van der Waals surface area (Å²) in [4.78, 5) is -0.496. The van der Waals surface area contributed by atoms with Crippen molar-refractivity contribution in [3.05, 3.63) is 23.2 Å². The van der Waals surface area contributed by atoms with Gasteiger partial charge in [-0.05, 0) is 37.0 Å². The highest BCUT2D eigenvalue weighted by molar-refractivity contribution is 7.86. The van der Waals surface area contributed by atoms with Gasteiger partial charge in [0.25, 0.3) is 0 Å². The summed E-state index contributed by atoms with van der Waals surface area (Å²) in [6.07, 6.45) is 3.32. The quantitative estimate of drug-likeness (QED) is 0.795. The zero-order chi connectivity index (χ0) is 12.5. The first-order valence-electron chi connectivity index (χ1n) is 5.34. The molecule has 0 saturated heterocycles. The van der Waals surface area contributed by atoms with Crippen LogP contribution in [0.2, 0.25) is 5.02 Å². The van der Waals surface area contributed by atoms with E-state index >= 15 is 0 Å². The van der Waals surface area contributed by atoms with E-state index < -0.39 is 15.1 Å². The van der Waals surface area contributed by atoms with E-state index in [1.807, 2.05) is 0 Å². The molecule has 0 bridgehead atoms. The fourth-order valence-electron chi connectivity index (χ4n) is 1.66. The summed E-state index contributed by atoms with van der Waals surface area (Å²) in [7, 11) is -4.80. The van der Waals surface area contributed by atoms with Gasteiger partial charge in [0.05, 0.1) is 6.61 Å². The molecule has 0 heterocycles. The highest BCUT2D eigenvalue weighted by Gasteiger charge is 2.22. The zero-order valence-corrected chi connectivity index (χ0v) is 10.6. The third-order valence-electron chi connectivity index (χ3n) is 2.87. The molecule has 1 aliphatic rings. The highest BCUT2D eigenvalue weighted by atomic mass is 35.5. The van der Waals surface area contributed by atoms with Gasteiger partial charge in [-0.1, -0.05) is 18.0 Å². The van der Waals surface area contributed by atoms with Crippen molar-refractivity contribution in [2.75, 3.05) is 6.61 Å². The number of benzene rings is 1. The first-order valence-corrected chi connectivity index (χ1v) is 7.10. The summed E-state index contributed by atoms with van der Waals surface area (Å²) in [5, 5.41) is 0.164. The van der Waals surface area contributed by atoms with Crippen molar-refractivity contribution in [1.82, 2.24) is 0 Å². The first kappa shape index (κ1) is 12.6. The lowest BCUT2D eigenvalue weighted by Gasteiger charge is -2.25. The van der Waals surface area contributed by atoms with Crippen LogP contribution in [0.4, 0.5) is 3.89 Å². The van der Waals surface area contributed by atoms with Crippen LogP contribution in [0.25, 0.3) is 0 Å². The summed E-state index contributed by atoms with van der Waals surface area (Å²) >= 11 is 5.64. The standard InChI is InChI=1S/C11H12ClFO3S/c12-9-4-5-10(11(6-9)17(13,14)15)16-7-8-2-1-3-8/h4-6,8H,1-3,7H2. The van der Waals surface area contributed by atoms with E-state index in [-0.39, 0.29) is 10.8 Å². The third-order valence-corrected chi connectivity index (χ3v) is 3.95. The summed E-state index contributed by atoms with van der Waals surface area (Å²) in [6, 6.07) is 3.92. The van der Waals surface area contributed by atoms with Crippen LogP contribution in [0, 0.1) is 5.92 Å². The number of hydrogen-bond donors (Lipinski definition) is 0. The van der Waals surface area contributed by atoms with E-state index in [4.69, 9.17) is 16.3 Å². The monoisotopic (exact) mass is 278 g/mol. The second-order valence-electron chi connectivity index (χ2n) is 4.14. The van der Waals surface area contributed by atoms with Gasteiger partial charge in [-0.15, -0.1) is 3.89 Å². The largest absolute Gasteiger partial charge is 0.492 e. The van der Waals surface area contributed by atoms with Gasteiger partial charge in [0.15, 0.2) is 0 Å². The van der Waals surface area contributed by atoms with Gasteiger partial charge in [0.1, 0.15) is 10.6 Å². The van der Waals surface area contributed by atoms with Crippen molar-refractivity contribution in [3.8, 4) is 5.75 Å². The lowest BCUT2D eigenvalue weighted by atomic mass is 9.86. The average molecular weight is 279 g/mol. The Hall–Kier alpha value is -0.810. The number of rotatable bonds is 4. The molecule has 0 N–H and O–H groups in total. The minimum Gasteiger partial charge on any atom is -0.492 e. The fourth-order valence-corrected chi connectivity index (χ4v) is 2.53. The molecule has 2 rings (SSSR count). The maximum atomic E-state index is 13.0. The van der Waals surface area contributed by atoms with Gasteiger partial charge in [-0.2, -0.15) is 8.42 Å². The molecule has 94 valence electrons. The van der Waals surface area contributed by atoms with Crippen molar-refractivity contribution in [2.24, 2.45) is 5.92 Å². The number of halogens is 2. The molecule has 0 unspecified atom stereocenters. The summed E-state index contributed by atoms with van der Waals surface area (Å²) in [6.45, 7) is 0.421. The van der Waals surface area contributed by atoms with E-state index in [0.717, 1.165) is 18.9 Å². The van der Waals surface area contributed by atoms with E-state index in [0.29, 0.717) is 12.5 Å². The average Bonchev–Trinajstić information content (AvgIpc) is 2.16. The Bertz CT molecular complexity index is 511. The molecular formula is C11H12ClFO3S. The highest BCUT2D eigenvalue weighted by Crippen LogP contribution is 2.31. The van der Waals surface area contributed by atoms with Crippen molar-refractivity contribution < 1.29 is 17.0 Å². The van der Waals surface area contributed by atoms with Gasteiger partial charge < -0.3 is 4.74 Å². The molecule has 0 amide bonds. The van der Waals surface area contributed by atoms with Gasteiger partial charge in [0, 0.05) is 5.02 Å². The predicted octanol–water partition coefficient (Wildman–Crippen LogP) is 3.18. The van der Waals surface area contributed by atoms with Crippen LogP contribution < -0.4 is 4.74 Å². The van der Waals surface area contributed by atoms with Crippen LogP contribution in [0.5, 0.6) is 5.75 Å². The minimum atomic E-state index is -4.80. The third kappa shape index (κ3) is 3.10. The molecule has 3 nitrogen and oxygen atoms in total. The molecule has 0 atom stereocenters. The normalized spacial score (nSPS) is 16.6. The van der Waals surface area contributed by atoms with E-state index in [1.165, 1.54) is 18.6 Å². The lowest BCUT2D eigenvalue weighted by Crippen LogP contribution is -2.19. The van der Waals surface area contributed by atoms with Crippen molar-refractivity contribution >= 4 is 21.8 Å². The van der Waals surface area contributed by atoms with Gasteiger partial charge in [0.2, 0.25) is 0 Å². The Morgan fingerprint density at radius 2 is 2.12 bits per heavy atom. The van der Waals surface area contributed by atoms with Gasteiger partial charge in [-0.25, -0.2) is 0 Å². The Morgan fingerprint density at radius 3 is 2.65 bits per heavy atom. The molecule has 0 radical (unpaired) electrons. The molecule has 1 aromatic rings. The van der Waals surface area contributed by atoms with Gasteiger partial charge >= 0.3 is 10.2 Å². The van der Waals surface area contributed by atoms with Crippen LogP contribution >= 0.6 is 11.6 Å². The molecule has 17 heavy (non-hydrogen) atoms. The maximum absolute atomic E-state index is 13.0. The SMILES string of the molecule is O=S(=O)(F)c1cc(Cl)ccc1OCC1CCC1. The predicted molar refractivity (Wildman–Crippen MR) is 62.6 cm³/mol. The van der Waals surface area contributed by atoms with E-state index in [1.54, 1.807) is 0 Å². The molecule has 1 aliphatic carbocycles. The Kier molecular flexibility index (Phi) is 3.58. The zero-order valence-electron chi connectivity index (χ0n) is 9.03. The van der Waals surface area contributed by atoms with Crippen molar-refractivity contribution in [3.63, 3.8) is 0 Å². The number of hydrogen-bond acceptors (Lipinski definition) is 3. The molecule has 0 aliphatic heterocycles. The van der Waals surface area contributed by atoms with Crippen LogP contribution in [0.1, 0.15) is 19.3 Å². The Morgan fingerprint density at radius 1 is 1.41 bits per heavy atom. The topological polar surface area (TPSA) is 43.4 Å². The number of ether oxygens (including phenoxy) is 1. The van der Waals surface area contributed by atoms with Crippen LogP contribution in [0.3, 0.4) is 0 Å².